The maximum atomic E-state index is 12.1. The third-order valence-electron chi connectivity index (χ3n) is 3.81. The number of hydrogen-bond donors (Lipinski definition) is 2. The van der Waals surface area contributed by atoms with Gasteiger partial charge in [0.2, 0.25) is 0 Å². The second-order valence-corrected chi connectivity index (χ2v) is 6.26. The summed E-state index contributed by atoms with van der Waals surface area (Å²) in [4.78, 5) is 38.3. The molecule has 2 aromatic carbocycles. The van der Waals surface area contributed by atoms with Crippen LogP contribution in [-0.4, -0.2) is 36.6 Å². The second kappa shape index (κ2) is 9.05. The number of H-pyrrole nitrogens is 1. The molecule has 0 unspecified atom stereocenters. The van der Waals surface area contributed by atoms with Gasteiger partial charge in [-0.2, -0.15) is 0 Å². The highest BCUT2D eigenvalue weighted by Crippen LogP contribution is 2.15. The summed E-state index contributed by atoms with van der Waals surface area (Å²) in [5.41, 5.74) is -0.406. The van der Waals surface area contributed by atoms with Crippen LogP contribution in [0.4, 0.5) is 0 Å². The third-order valence-corrected chi connectivity index (χ3v) is 4.07. The molecule has 3 aromatic rings. The van der Waals surface area contributed by atoms with E-state index in [4.69, 9.17) is 21.1 Å². The second-order valence-electron chi connectivity index (χ2n) is 5.83. The van der Waals surface area contributed by atoms with Crippen LogP contribution in [0.15, 0.2) is 59.4 Å². The molecule has 0 radical (unpaired) electrons. The minimum Gasteiger partial charge on any atom is -0.492 e. The monoisotopic (exact) mass is 400 g/mol. The summed E-state index contributed by atoms with van der Waals surface area (Å²) in [6.45, 7) is 0.0275. The quantitative estimate of drug-likeness (QED) is 0.469. The smallest absolute Gasteiger partial charge is 0.355 e. The van der Waals surface area contributed by atoms with Gasteiger partial charge < -0.3 is 19.8 Å². The van der Waals surface area contributed by atoms with Crippen LogP contribution in [0.2, 0.25) is 5.02 Å². The Bertz CT molecular complexity index is 1050. The Labute approximate surface area is 165 Å². The van der Waals surface area contributed by atoms with Crippen LogP contribution < -0.4 is 15.6 Å². The maximum Gasteiger partial charge on any atom is 0.355 e. The van der Waals surface area contributed by atoms with Crippen molar-refractivity contribution in [1.82, 2.24) is 10.3 Å². The average Bonchev–Trinajstić information content (AvgIpc) is 2.70. The molecule has 144 valence electrons. The predicted octanol–water partition coefficient (Wildman–Crippen LogP) is 2.53. The zero-order valence-corrected chi connectivity index (χ0v) is 15.5. The number of halogens is 1. The Morgan fingerprint density at radius 1 is 1.07 bits per heavy atom. The molecule has 0 aliphatic carbocycles. The predicted molar refractivity (Wildman–Crippen MR) is 105 cm³/mol. The van der Waals surface area contributed by atoms with Gasteiger partial charge in [-0.15, -0.1) is 0 Å². The lowest BCUT2D eigenvalue weighted by molar-refractivity contribution is -0.124. The van der Waals surface area contributed by atoms with Gasteiger partial charge in [0.25, 0.3) is 11.5 Å². The van der Waals surface area contributed by atoms with Crippen molar-refractivity contribution < 1.29 is 19.1 Å². The SMILES string of the molecule is O=C(COC(=O)c1cc2ccccc2c(=O)[nH]1)NCCOc1ccc(Cl)cc1. The fraction of sp³-hybridized carbons (Fsp3) is 0.150. The number of carbonyl (C=O) groups is 2. The van der Waals surface area contributed by atoms with Crippen LogP contribution in [0, 0.1) is 0 Å². The van der Waals surface area contributed by atoms with Crippen molar-refractivity contribution in [2.45, 2.75) is 0 Å². The van der Waals surface area contributed by atoms with Crippen molar-refractivity contribution >= 4 is 34.2 Å². The minimum absolute atomic E-state index is 0.0115. The molecule has 0 aliphatic heterocycles. The van der Waals surface area contributed by atoms with Gasteiger partial charge in [-0.1, -0.05) is 29.8 Å². The number of pyridine rings is 1. The Kier molecular flexibility index (Phi) is 6.29. The standard InChI is InChI=1S/C20H17ClN2O5/c21-14-5-7-15(8-6-14)27-10-9-22-18(24)12-28-20(26)17-11-13-3-1-2-4-16(13)19(25)23-17/h1-8,11H,9-10,12H2,(H,22,24)(H,23,25). The van der Waals surface area contributed by atoms with Crippen molar-refractivity contribution in [1.29, 1.82) is 0 Å². The van der Waals surface area contributed by atoms with E-state index in [1.54, 1.807) is 48.5 Å². The number of nitrogens with one attached hydrogen (secondary N) is 2. The first-order valence-electron chi connectivity index (χ1n) is 8.47. The number of aromatic amines is 1. The van der Waals surface area contributed by atoms with E-state index < -0.39 is 24.0 Å². The summed E-state index contributed by atoms with van der Waals surface area (Å²) in [6, 6.07) is 15.2. The fourth-order valence-corrected chi connectivity index (χ4v) is 2.60. The molecule has 0 spiro atoms. The molecule has 1 amide bonds. The third kappa shape index (κ3) is 5.11. The highest BCUT2D eigenvalue weighted by atomic mass is 35.5. The molecule has 7 nitrogen and oxygen atoms in total. The number of esters is 1. The number of benzene rings is 2. The van der Waals surface area contributed by atoms with E-state index >= 15 is 0 Å². The van der Waals surface area contributed by atoms with E-state index in [0.29, 0.717) is 21.5 Å². The number of amides is 1. The fourth-order valence-electron chi connectivity index (χ4n) is 2.47. The van der Waals surface area contributed by atoms with Crippen molar-refractivity contribution in [3.63, 3.8) is 0 Å². The normalized spacial score (nSPS) is 10.5. The van der Waals surface area contributed by atoms with E-state index in [1.807, 2.05) is 0 Å². The summed E-state index contributed by atoms with van der Waals surface area (Å²) >= 11 is 5.78. The van der Waals surface area contributed by atoms with Crippen LogP contribution in [-0.2, 0) is 9.53 Å². The summed E-state index contributed by atoms with van der Waals surface area (Å²) in [5.74, 6) is -0.628. The molecule has 2 N–H and O–H groups in total. The summed E-state index contributed by atoms with van der Waals surface area (Å²) in [5, 5.41) is 4.26. The zero-order valence-electron chi connectivity index (χ0n) is 14.7. The molecule has 1 heterocycles. The molecule has 3 rings (SSSR count). The number of ether oxygens (including phenoxy) is 2. The molecule has 0 saturated heterocycles. The number of hydrogen-bond acceptors (Lipinski definition) is 5. The molecule has 0 aliphatic rings. The van der Waals surface area contributed by atoms with E-state index in [1.165, 1.54) is 6.07 Å². The van der Waals surface area contributed by atoms with Crippen molar-refractivity contribution in [2.75, 3.05) is 19.8 Å². The number of rotatable bonds is 7. The van der Waals surface area contributed by atoms with Gasteiger partial charge in [0.15, 0.2) is 6.61 Å². The molecule has 1 aromatic heterocycles. The van der Waals surface area contributed by atoms with E-state index in [-0.39, 0.29) is 18.8 Å². The van der Waals surface area contributed by atoms with Gasteiger partial charge in [0, 0.05) is 10.4 Å². The van der Waals surface area contributed by atoms with E-state index in [2.05, 4.69) is 10.3 Å². The molecule has 28 heavy (non-hydrogen) atoms. The van der Waals surface area contributed by atoms with Crippen LogP contribution in [0.1, 0.15) is 10.5 Å². The number of fused-ring (bicyclic) bond motifs is 1. The van der Waals surface area contributed by atoms with Crippen LogP contribution in [0.25, 0.3) is 10.8 Å². The van der Waals surface area contributed by atoms with Crippen LogP contribution in [0.3, 0.4) is 0 Å². The molecule has 0 saturated carbocycles. The first-order valence-corrected chi connectivity index (χ1v) is 8.85. The summed E-state index contributed by atoms with van der Waals surface area (Å²) in [7, 11) is 0. The largest absolute Gasteiger partial charge is 0.492 e. The van der Waals surface area contributed by atoms with E-state index in [0.717, 1.165) is 0 Å². The van der Waals surface area contributed by atoms with Gasteiger partial charge in [0.1, 0.15) is 18.1 Å². The molecule has 8 heteroatoms. The maximum absolute atomic E-state index is 12.1. The minimum atomic E-state index is -0.782. The molecule has 0 fully saturated rings. The lowest BCUT2D eigenvalue weighted by Gasteiger charge is -2.08. The Morgan fingerprint density at radius 2 is 1.82 bits per heavy atom. The van der Waals surface area contributed by atoms with Gasteiger partial charge in [0.05, 0.1) is 6.54 Å². The highest BCUT2D eigenvalue weighted by molar-refractivity contribution is 6.30. The van der Waals surface area contributed by atoms with Crippen molar-refractivity contribution in [2.24, 2.45) is 0 Å². The van der Waals surface area contributed by atoms with Gasteiger partial charge in [-0.25, -0.2) is 4.79 Å². The summed E-state index contributed by atoms with van der Waals surface area (Å²) < 4.78 is 10.4. The average molecular weight is 401 g/mol. The molecular weight excluding hydrogens is 384 g/mol. The lowest BCUT2D eigenvalue weighted by Crippen LogP contribution is -2.32. The van der Waals surface area contributed by atoms with E-state index in [9.17, 15) is 14.4 Å². The Morgan fingerprint density at radius 3 is 2.61 bits per heavy atom. The highest BCUT2D eigenvalue weighted by Gasteiger charge is 2.12. The number of carbonyl (C=O) groups excluding carboxylic acids is 2. The van der Waals surface area contributed by atoms with Crippen molar-refractivity contribution in [3.05, 3.63) is 75.7 Å². The van der Waals surface area contributed by atoms with Crippen LogP contribution in [0.5, 0.6) is 5.75 Å². The first kappa shape index (κ1) is 19.4. The summed E-state index contributed by atoms with van der Waals surface area (Å²) in [6.07, 6.45) is 0. The van der Waals surface area contributed by atoms with Gasteiger partial charge in [-0.3, -0.25) is 9.59 Å². The zero-order chi connectivity index (χ0) is 19.9. The van der Waals surface area contributed by atoms with Crippen molar-refractivity contribution in [3.8, 4) is 5.75 Å². The molecular formula is C20H17ClN2O5. The Hall–Kier alpha value is -3.32. The topological polar surface area (TPSA) is 97.5 Å². The Balaban J connectivity index is 1.44. The molecule has 0 atom stereocenters. The van der Waals surface area contributed by atoms with Crippen LogP contribution >= 0.6 is 11.6 Å². The molecule has 0 bridgehead atoms. The van der Waals surface area contributed by atoms with Gasteiger partial charge >= 0.3 is 5.97 Å². The van der Waals surface area contributed by atoms with Gasteiger partial charge in [-0.05, 0) is 41.8 Å². The lowest BCUT2D eigenvalue weighted by atomic mass is 10.1. The first-order chi connectivity index (χ1) is 13.5. The number of aromatic nitrogens is 1.